The minimum absolute atomic E-state index is 0.415. The second kappa shape index (κ2) is 5.84. The zero-order chi connectivity index (χ0) is 12.1. The van der Waals surface area contributed by atoms with Crippen LogP contribution in [0.5, 0.6) is 0 Å². The van der Waals surface area contributed by atoms with Crippen molar-refractivity contribution >= 4 is 23.0 Å². The molecule has 0 fully saturated rings. The molecule has 0 amide bonds. The summed E-state index contributed by atoms with van der Waals surface area (Å²) in [5.74, 6) is 0.457. The maximum absolute atomic E-state index is 11.7. The Morgan fingerprint density at radius 1 is 1.47 bits per heavy atom. The smallest absolute Gasteiger partial charge is 0.330 e. The van der Waals surface area contributed by atoms with E-state index in [1.165, 1.54) is 11.8 Å². The average Bonchev–Trinajstić information content (AvgIpc) is 2.83. The second-order valence-electron chi connectivity index (χ2n) is 3.71. The SMILES string of the molecule is N[C@@H](Cc1ccccc1)C(=O)OC1=NCCS1. The molecule has 4 nitrogen and oxygen atoms in total. The molecule has 1 aromatic carbocycles. The third kappa shape index (κ3) is 3.57. The zero-order valence-corrected chi connectivity index (χ0v) is 10.2. The van der Waals surface area contributed by atoms with Crippen molar-refractivity contribution in [1.82, 2.24) is 0 Å². The summed E-state index contributed by atoms with van der Waals surface area (Å²) in [5.41, 5.74) is 6.81. The highest BCUT2D eigenvalue weighted by molar-refractivity contribution is 8.13. The summed E-state index contributed by atoms with van der Waals surface area (Å²) in [5, 5.41) is 0.443. The van der Waals surface area contributed by atoms with Crippen molar-refractivity contribution in [2.24, 2.45) is 10.7 Å². The minimum Gasteiger partial charge on any atom is -0.400 e. The van der Waals surface area contributed by atoms with E-state index in [2.05, 4.69) is 4.99 Å². The predicted octanol–water partition coefficient (Wildman–Crippen LogP) is 1.20. The van der Waals surface area contributed by atoms with Gasteiger partial charge >= 0.3 is 5.97 Å². The van der Waals surface area contributed by atoms with Gasteiger partial charge in [0.1, 0.15) is 6.04 Å². The van der Waals surface area contributed by atoms with Crippen LogP contribution in [0, 0.1) is 0 Å². The molecule has 90 valence electrons. The molecule has 0 spiro atoms. The summed E-state index contributed by atoms with van der Waals surface area (Å²) in [7, 11) is 0. The van der Waals surface area contributed by atoms with Gasteiger partial charge in [-0.1, -0.05) is 42.1 Å². The van der Waals surface area contributed by atoms with Crippen LogP contribution in [0.4, 0.5) is 0 Å². The lowest BCUT2D eigenvalue weighted by Gasteiger charge is -2.10. The molecule has 0 unspecified atom stereocenters. The number of nitrogens with two attached hydrogens (primary N) is 1. The van der Waals surface area contributed by atoms with Crippen LogP contribution < -0.4 is 5.73 Å². The van der Waals surface area contributed by atoms with E-state index < -0.39 is 12.0 Å². The van der Waals surface area contributed by atoms with E-state index in [9.17, 15) is 4.79 Å². The highest BCUT2D eigenvalue weighted by Crippen LogP contribution is 2.13. The highest BCUT2D eigenvalue weighted by Gasteiger charge is 2.20. The molecule has 1 heterocycles. The fourth-order valence-electron chi connectivity index (χ4n) is 1.49. The van der Waals surface area contributed by atoms with Gasteiger partial charge in [0, 0.05) is 5.75 Å². The minimum atomic E-state index is -0.638. The monoisotopic (exact) mass is 250 g/mol. The number of nitrogens with zero attached hydrogens (tertiary/aromatic N) is 1. The van der Waals surface area contributed by atoms with E-state index in [1.807, 2.05) is 30.3 Å². The van der Waals surface area contributed by atoms with Gasteiger partial charge in [0.25, 0.3) is 5.23 Å². The van der Waals surface area contributed by atoms with Crippen molar-refractivity contribution in [1.29, 1.82) is 0 Å². The number of esters is 1. The summed E-state index contributed by atoms with van der Waals surface area (Å²) in [6.07, 6.45) is 0.484. The Bertz CT molecular complexity index is 420. The first kappa shape index (κ1) is 12.1. The molecular weight excluding hydrogens is 236 g/mol. The molecule has 2 N–H and O–H groups in total. The van der Waals surface area contributed by atoms with Crippen LogP contribution in [0.1, 0.15) is 5.56 Å². The summed E-state index contributed by atoms with van der Waals surface area (Å²) in [4.78, 5) is 15.7. The molecular formula is C12H14N2O2S. The van der Waals surface area contributed by atoms with Crippen molar-refractivity contribution in [3.63, 3.8) is 0 Å². The van der Waals surface area contributed by atoms with Gasteiger partial charge in [-0.2, -0.15) is 0 Å². The van der Waals surface area contributed by atoms with Crippen molar-refractivity contribution in [3.05, 3.63) is 35.9 Å². The summed E-state index contributed by atoms with van der Waals surface area (Å²) >= 11 is 1.45. The summed E-state index contributed by atoms with van der Waals surface area (Å²) in [6.45, 7) is 0.710. The average molecular weight is 250 g/mol. The molecule has 0 aliphatic carbocycles. The molecule has 0 radical (unpaired) electrons. The second-order valence-corrected chi connectivity index (χ2v) is 4.76. The maximum atomic E-state index is 11.7. The predicted molar refractivity (Wildman–Crippen MR) is 69.0 cm³/mol. The Morgan fingerprint density at radius 3 is 2.88 bits per heavy atom. The quantitative estimate of drug-likeness (QED) is 0.819. The van der Waals surface area contributed by atoms with Gasteiger partial charge < -0.3 is 10.5 Å². The van der Waals surface area contributed by atoms with E-state index in [-0.39, 0.29) is 0 Å². The van der Waals surface area contributed by atoms with Gasteiger partial charge in [-0.3, -0.25) is 0 Å². The van der Waals surface area contributed by atoms with Gasteiger partial charge in [-0.15, -0.1) is 0 Å². The number of ether oxygens (including phenoxy) is 1. The molecule has 1 aliphatic rings. The first-order valence-corrected chi connectivity index (χ1v) is 6.43. The fraction of sp³-hybridized carbons (Fsp3) is 0.333. The summed E-state index contributed by atoms with van der Waals surface area (Å²) < 4.78 is 5.09. The number of rotatable bonds is 3. The third-order valence-electron chi connectivity index (χ3n) is 2.35. The van der Waals surface area contributed by atoms with Gasteiger partial charge in [-0.25, -0.2) is 9.79 Å². The van der Waals surface area contributed by atoms with Crippen LogP contribution in [0.15, 0.2) is 35.3 Å². The van der Waals surface area contributed by atoms with Gasteiger partial charge in [-0.05, 0) is 12.0 Å². The van der Waals surface area contributed by atoms with Gasteiger partial charge in [0.05, 0.1) is 6.54 Å². The van der Waals surface area contributed by atoms with E-state index in [0.717, 1.165) is 11.3 Å². The topological polar surface area (TPSA) is 64.7 Å². The number of benzene rings is 1. The summed E-state index contributed by atoms with van der Waals surface area (Å²) in [6, 6.07) is 9.01. The Hall–Kier alpha value is -1.33. The standard InChI is InChI=1S/C12H14N2O2S/c13-10(8-9-4-2-1-3-5-9)11(15)16-12-14-6-7-17-12/h1-5,10H,6-8,13H2/t10-/m0/s1. The molecule has 17 heavy (non-hydrogen) atoms. The van der Waals surface area contributed by atoms with Crippen LogP contribution >= 0.6 is 11.8 Å². The molecule has 0 saturated carbocycles. The number of thioether (sulfide) groups is 1. The van der Waals surface area contributed by atoms with E-state index >= 15 is 0 Å². The Labute approximate surface area is 104 Å². The lowest BCUT2D eigenvalue weighted by Crippen LogP contribution is -2.35. The Balaban J connectivity index is 1.87. The number of carbonyl (C=O) groups excluding carboxylic acids is 1. The molecule has 0 bridgehead atoms. The zero-order valence-electron chi connectivity index (χ0n) is 9.33. The third-order valence-corrected chi connectivity index (χ3v) is 3.19. The van der Waals surface area contributed by atoms with Crippen molar-refractivity contribution in [2.75, 3.05) is 12.3 Å². The first-order chi connectivity index (χ1) is 8.25. The molecule has 5 heteroatoms. The van der Waals surface area contributed by atoms with Crippen LogP contribution in [-0.4, -0.2) is 29.5 Å². The highest BCUT2D eigenvalue weighted by atomic mass is 32.2. The Morgan fingerprint density at radius 2 is 2.24 bits per heavy atom. The Kier molecular flexibility index (Phi) is 4.17. The number of hydrogen-bond donors (Lipinski definition) is 1. The van der Waals surface area contributed by atoms with E-state index in [1.54, 1.807) is 0 Å². The van der Waals surface area contributed by atoms with Crippen LogP contribution in [0.25, 0.3) is 0 Å². The van der Waals surface area contributed by atoms with Crippen molar-refractivity contribution in [2.45, 2.75) is 12.5 Å². The largest absolute Gasteiger partial charge is 0.400 e. The number of aliphatic imine (C=N–C) groups is 1. The molecule has 1 aliphatic heterocycles. The first-order valence-electron chi connectivity index (χ1n) is 5.44. The number of carbonyl (C=O) groups is 1. The molecule has 0 aromatic heterocycles. The fourth-order valence-corrected chi connectivity index (χ4v) is 2.17. The van der Waals surface area contributed by atoms with Crippen LogP contribution in [0.3, 0.4) is 0 Å². The lowest BCUT2D eigenvalue weighted by atomic mass is 10.1. The van der Waals surface area contributed by atoms with Crippen LogP contribution in [0.2, 0.25) is 0 Å². The normalized spacial score (nSPS) is 16.4. The molecule has 0 saturated heterocycles. The molecule has 1 aromatic rings. The van der Waals surface area contributed by atoms with E-state index in [0.29, 0.717) is 18.2 Å². The maximum Gasteiger partial charge on any atom is 0.330 e. The van der Waals surface area contributed by atoms with E-state index in [4.69, 9.17) is 10.5 Å². The lowest BCUT2D eigenvalue weighted by molar-refractivity contribution is -0.136. The molecule has 2 rings (SSSR count). The van der Waals surface area contributed by atoms with Crippen molar-refractivity contribution in [3.8, 4) is 0 Å². The van der Waals surface area contributed by atoms with Crippen LogP contribution in [-0.2, 0) is 16.0 Å². The van der Waals surface area contributed by atoms with Gasteiger partial charge in [0.15, 0.2) is 0 Å². The van der Waals surface area contributed by atoms with Crippen molar-refractivity contribution < 1.29 is 9.53 Å². The number of hydrogen-bond acceptors (Lipinski definition) is 5. The molecule has 1 atom stereocenters. The van der Waals surface area contributed by atoms with Gasteiger partial charge in [0.2, 0.25) is 0 Å².